The van der Waals surface area contributed by atoms with Crippen molar-refractivity contribution in [1.82, 2.24) is 0 Å². The van der Waals surface area contributed by atoms with E-state index in [1.54, 1.807) is 6.08 Å². The van der Waals surface area contributed by atoms with Gasteiger partial charge in [-0.05, 0) is 26.8 Å². The van der Waals surface area contributed by atoms with Crippen LogP contribution >= 0.6 is 0 Å². The van der Waals surface area contributed by atoms with E-state index in [2.05, 4.69) is 6.58 Å². The molecule has 9 heteroatoms. The van der Waals surface area contributed by atoms with Gasteiger partial charge in [-0.25, -0.2) is 9.59 Å². The SMILES string of the molecule is C=C(C)C(=O)O[C@H]1C/C(C)=C/[C@@H](OC(C)=O)C[C@@]2(C)O[C@@H]2[C@H]2OC(=O)C(COC(C)=O)=C12. The summed E-state index contributed by atoms with van der Waals surface area (Å²) in [6.07, 6.45) is -0.434. The molecule has 2 aliphatic heterocycles. The van der Waals surface area contributed by atoms with Gasteiger partial charge in [-0.15, -0.1) is 0 Å². The first-order valence-electron chi connectivity index (χ1n) is 10.4. The van der Waals surface area contributed by atoms with Crippen molar-refractivity contribution in [1.29, 1.82) is 0 Å². The summed E-state index contributed by atoms with van der Waals surface area (Å²) in [5.41, 5.74) is 0.782. The predicted octanol–water partition coefficient (Wildman–Crippen LogP) is 2.09. The lowest BCUT2D eigenvalue weighted by Gasteiger charge is -2.26. The van der Waals surface area contributed by atoms with E-state index in [1.807, 2.05) is 13.8 Å². The Morgan fingerprint density at radius 3 is 2.47 bits per heavy atom. The highest BCUT2D eigenvalue weighted by atomic mass is 16.7. The predicted molar refractivity (Wildman–Crippen MR) is 110 cm³/mol. The highest BCUT2D eigenvalue weighted by Gasteiger charge is 2.62. The molecule has 1 fully saturated rings. The highest BCUT2D eigenvalue weighted by Crippen LogP contribution is 2.49. The molecule has 0 unspecified atom stereocenters. The Balaban J connectivity index is 2.07. The quantitative estimate of drug-likeness (QED) is 0.205. The maximum absolute atomic E-state index is 12.7. The lowest BCUT2D eigenvalue weighted by molar-refractivity contribution is -0.145. The van der Waals surface area contributed by atoms with Gasteiger partial charge in [0, 0.05) is 37.8 Å². The van der Waals surface area contributed by atoms with Crippen molar-refractivity contribution in [2.75, 3.05) is 6.61 Å². The van der Waals surface area contributed by atoms with E-state index < -0.39 is 53.9 Å². The smallest absolute Gasteiger partial charge is 0.338 e. The third kappa shape index (κ3) is 5.09. The second-order valence-electron chi connectivity index (χ2n) is 8.63. The molecule has 32 heavy (non-hydrogen) atoms. The number of carbonyl (C=O) groups excluding carboxylic acids is 4. The molecule has 174 valence electrons. The van der Waals surface area contributed by atoms with E-state index in [1.165, 1.54) is 20.8 Å². The van der Waals surface area contributed by atoms with Crippen molar-refractivity contribution >= 4 is 23.9 Å². The number of epoxide rings is 1. The van der Waals surface area contributed by atoms with Gasteiger partial charge in [-0.2, -0.15) is 0 Å². The Hall–Kier alpha value is -2.94. The number of hydrogen-bond acceptors (Lipinski definition) is 9. The van der Waals surface area contributed by atoms with Crippen LogP contribution in [0.5, 0.6) is 0 Å². The third-order valence-corrected chi connectivity index (χ3v) is 5.62. The van der Waals surface area contributed by atoms with E-state index in [0.29, 0.717) is 12.0 Å². The summed E-state index contributed by atoms with van der Waals surface area (Å²) in [7, 11) is 0. The molecule has 5 atom stereocenters. The summed E-state index contributed by atoms with van der Waals surface area (Å²) in [5, 5.41) is 0. The molecule has 0 radical (unpaired) electrons. The van der Waals surface area contributed by atoms with E-state index in [0.717, 1.165) is 5.57 Å². The fraction of sp³-hybridized carbons (Fsp3) is 0.565. The van der Waals surface area contributed by atoms with Crippen LogP contribution in [0, 0.1) is 0 Å². The monoisotopic (exact) mass is 448 g/mol. The molecule has 0 spiro atoms. The molecule has 0 N–H and O–H groups in total. The zero-order valence-corrected chi connectivity index (χ0v) is 18.9. The van der Waals surface area contributed by atoms with Crippen LogP contribution in [0.1, 0.15) is 47.5 Å². The Kier molecular flexibility index (Phi) is 6.59. The van der Waals surface area contributed by atoms with Crippen LogP contribution in [0.4, 0.5) is 0 Å². The molecule has 3 rings (SSSR count). The normalized spacial score (nSPS) is 33.0. The van der Waals surface area contributed by atoms with Crippen LogP contribution in [0.3, 0.4) is 0 Å². The van der Waals surface area contributed by atoms with Crippen LogP contribution in [0.25, 0.3) is 0 Å². The Labute approximate surface area is 186 Å². The number of fused-ring (bicyclic) bond motifs is 3. The minimum Gasteiger partial charge on any atom is -0.461 e. The molecule has 0 amide bonds. The van der Waals surface area contributed by atoms with Gasteiger partial charge < -0.3 is 23.7 Å². The molecule has 3 aliphatic rings. The second kappa shape index (κ2) is 8.90. The minimum absolute atomic E-state index is 0.132. The van der Waals surface area contributed by atoms with E-state index in [4.69, 9.17) is 23.7 Å². The fourth-order valence-electron chi connectivity index (χ4n) is 4.13. The molecule has 2 heterocycles. The largest absolute Gasteiger partial charge is 0.461 e. The standard InChI is InChI=1S/C23H28O9/c1-11(2)21(26)30-17-8-12(3)7-15(29-14(5)25)9-23(6)20(32-23)19-18(17)16(22(27)31-19)10-28-13(4)24/h7,15,17,19-20H,1,8-10H2,2-6H3/b12-7+/t15-,17+,19+,20-,23-/m1/s1. The van der Waals surface area contributed by atoms with E-state index >= 15 is 0 Å². The maximum Gasteiger partial charge on any atom is 0.338 e. The van der Waals surface area contributed by atoms with Gasteiger partial charge >= 0.3 is 23.9 Å². The zero-order valence-electron chi connectivity index (χ0n) is 18.9. The van der Waals surface area contributed by atoms with Crippen LogP contribution in [0.2, 0.25) is 0 Å². The van der Waals surface area contributed by atoms with Crippen molar-refractivity contribution in [2.24, 2.45) is 0 Å². The highest BCUT2D eigenvalue weighted by molar-refractivity contribution is 5.94. The van der Waals surface area contributed by atoms with Crippen molar-refractivity contribution in [2.45, 2.75) is 77.5 Å². The van der Waals surface area contributed by atoms with E-state index in [-0.39, 0.29) is 24.2 Å². The minimum atomic E-state index is -0.887. The molecular weight excluding hydrogens is 420 g/mol. The molecule has 1 aliphatic carbocycles. The molecule has 9 nitrogen and oxygen atoms in total. The van der Waals surface area contributed by atoms with Crippen LogP contribution in [0.15, 0.2) is 34.9 Å². The van der Waals surface area contributed by atoms with Crippen molar-refractivity contribution in [3.05, 3.63) is 34.9 Å². The summed E-state index contributed by atoms with van der Waals surface area (Å²) >= 11 is 0. The summed E-state index contributed by atoms with van der Waals surface area (Å²) in [4.78, 5) is 48.1. The van der Waals surface area contributed by atoms with Crippen molar-refractivity contribution < 1.29 is 42.9 Å². The fourth-order valence-corrected chi connectivity index (χ4v) is 4.13. The lowest BCUT2D eigenvalue weighted by atomic mass is 9.86. The lowest BCUT2D eigenvalue weighted by Crippen LogP contribution is -2.35. The summed E-state index contributed by atoms with van der Waals surface area (Å²) < 4.78 is 27.7. The summed E-state index contributed by atoms with van der Waals surface area (Å²) in [6.45, 7) is 11.0. The van der Waals surface area contributed by atoms with Crippen molar-refractivity contribution in [3.8, 4) is 0 Å². The molecule has 1 saturated heterocycles. The maximum atomic E-state index is 12.7. The van der Waals surface area contributed by atoms with Crippen LogP contribution in [-0.2, 0) is 42.9 Å². The number of rotatable bonds is 5. The van der Waals surface area contributed by atoms with Gasteiger partial charge in [-0.3, -0.25) is 9.59 Å². The third-order valence-electron chi connectivity index (χ3n) is 5.62. The van der Waals surface area contributed by atoms with Gasteiger partial charge in [0.05, 0.1) is 5.57 Å². The van der Waals surface area contributed by atoms with Crippen molar-refractivity contribution in [3.63, 3.8) is 0 Å². The first-order chi connectivity index (χ1) is 14.9. The number of carbonyl (C=O) groups is 4. The molecule has 0 saturated carbocycles. The average molecular weight is 448 g/mol. The Bertz CT molecular complexity index is 928. The molecule has 0 aromatic heterocycles. The number of ether oxygens (including phenoxy) is 5. The number of esters is 4. The van der Waals surface area contributed by atoms with Crippen LogP contribution < -0.4 is 0 Å². The van der Waals surface area contributed by atoms with Gasteiger partial charge in [0.25, 0.3) is 0 Å². The van der Waals surface area contributed by atoms with E-state index in [9.17, 15) is 19.2 Å². The van der Waals surface area contributed by atoms with Gasteiger partial charge in [0.15, 0.2) is 6.10 Å². The zero-order chi connectivity index (χ0) is 23.8. The molecule has 0 aromatic rings. The molecular formula is C23H28O9. The second-order valence-corrected chi connectivity index (χ2v) is 8.63. The topological polar surface area (TPSA) is 118 Å². The number of hydrogen-bond donors (Lipinski definition) is 0. The van der Waals surface area contributed by atoms with Gasteiger partial charge in [-0.1, -0.05) is 12.2 Å². The summed E-state index contributed by atoms with van der Waals surface area (Å²) in [5.74, 6) is -2.28. The Morgan fingerprint density at radius 1 is 1.19 bits per heavy atom. The molecule has 0 aromatic carbocycles. The summed E-state index contributed by atoms with van der Waals surface area (Å²) in [6, 6.07) is 0. The average Bonchev–Trinajstić information content (AvgIpc) is 3.19. The van der Waals surface area contributed by atoms with Crippen LogP contribution in [-0.4, -0.2) is 60.5 Å². The van der Waals surface area contributed by atoms with Gasteiger partial charge in [0.1, 0.15) is 30.5 Å². The first-order valence-corrected chi connectivity index (χ1v) is 10.4. The molecule has 0 bridgehead atoms. The Morgan fingerprint density at radius 2 is 1.88 bits per heavy atom. The van der Waals surface area contributed by atoms with Gasteiger partial charge in [0.2, 0.25) is 0 Å². The first kappa shape index (κ1) is 23.7.